The molecule has 0 aliphatic carbocycles. The highest BCUT2D eigenvalue weighted by molar-refractivity contribution is 7.88. The topological polar surface area (TPSA) is 43.4 Å². The monoisotopic (exact) mass is 268 g/mol. The molecule has 0 bridgehead atoms. The van der Waals surface area contributed by atoms with Gasteiger partial charge >= 0.3 is 0 Å². The summed E-state index contributed by atoms with van der Waals surface area (Å²) in [7, 11) is -1.47. The maximum Gasteiger partial charge on any atom is 0.269 e. The van der Waals surface area contributed by atoms with Crippen molar-refractivity contribution in [2.45, 2.75) is 64.7 Å². The number of unbranched alkanes of at least 4 members (excludes halogenated alkanes) is 8. The molecule has 0 spiro atoms. The lowest BCUT2D eigenvalue weighted by molar-refractivity contribution is 0.510. The van der Waals surface area contributed by atoms with Gasteiger partial charge in [0.1, 0.15) is 0 Å². The third-order valence-electron chi connectivity index (χ3n) is 2.64. The molecule has 1 atom stereocenters. The van der Waals surface area contributed by atoms with Crippen LogP contribution >= 0.6 is 9.47 Å². The predicted molar refractivity (Wildman–Crippen MR) is 71.8 cm³/mol. The van der Waals surface area contributed by atoms with Crippen LogP contribution in [0.3, 0.4) is 0 Å². The van der Waals surface area contributed by atoms with Crippen molar-refractivity contribution < 1.29 is 12.4 Å². The van der Waals surface area contributed by atoms with Crippen LogP contribution < -0.4 is 0 Å². The molecule has 16 heavy (non-hydrogen) atoms. The Morgan fingerprint density at radius 3 is 1.75 bits per heavy atom. The van der Waals surface area contributed by atoms with Crippen molar-refractivity contribution in [3.63, 3.8) is 0 Å². The van der Waals surface area contributed by atoms with Crippen LogP contribution in [0.2, 0.25) is 0 Å². The fourth-order valence-electron chi connectivity index (χ4n) is 1.64. The highest BCUT2D eigenvalue weighted by Gasteiger charge is 2.06. The van der Waals surface area contributed by atoms with E-state index >= 15 is 0 Å². The van der Waals surface area contributed by atoms with Crippen LogP contribution in [0.15, 0.2) is 0 Å². The van der Waals surface area contributed by atoms with E-state index in [1.165, 1.54) is 38.5 Å². The molecule has 0 aromatic carbocycles. The molecule has 0 heterocycles. The Morgan fingerprint density at radius 1 is 0.875 bits per heavy atom. The van der Waals surface area contributed by atoms with Crippen LogP contribution in [-0.4, -0.2) is 14.2 Å². The van der Waals surface area contributed by atoms with Gasteiger partial charge in [0.05, 0.1) is 5.75 Å². The van der Waals surface area contributed by atoms with E-state index < -0.39 is 10.1 Å². The number of hydrogen-bond donors (Lipinski definition) is 0. The van der Waals surface area contributed by atoms with Crippen LogP contribution in [-0.2, 0) is 14.1 Å². The first-order valence-corrected chi connectivity index (χ1v) is 8.28. The summed E-state index contributed by atoms with van der Waals surface area (Å²) in [4.78, 5) is 0. The second-order valence-corrected chi connectivity index (χ2v) is 6.48. The first-order valence-electron chi connectivity index (χ1n) is 6.23. The summed E-state index contributed by atoms with van der Waals surface area (Å²) in [6.45, 7) is 2.22. The van der Waals surface area contributed by atoms with Gasteiger partial charge in [-0.05, 0) is 6.42 Å². The quantitative estimate of drug-likeness (QED) is 0.424. The Labute approximate surface area is 103 Å². The average Bonchev–Trinajstić information content (AvgIpc) is 2.27. The van der Waals surface area contributed by atoms with Gasteiger partial charge in [0, 0.05) is 9.47 Å². The minimum Gasteiger partial charge on any atom is -0.254 e. The first kappa shape index (κ1) is 16.3. The van der Waals surface area contributed by atoms with Crippen molar-refractivity contribution in [2.24, 2.45) is 0 Å². The molecule has 1 unspecified atom stereocenters. The average molecular weight is 268 g/mol. The number of hydrogen-bond acceptors (Lipinski definition) is 3. The molecule has 98 valence electrons. The minimum absolute atomic E-state index is 0.145. The number of rotatable bonds is 11. The molecule has 0 aliphatic heterocycles. The fourth-order valence-corrected chi connectivity index (χ4v) is 2.58. The zero-order chi connectivity index (χ0) is 12.3. The standard InChI is InChI=1S/C11H25O3PS/c1-2-3-4-5-6-7-8-9-10-11-16(12,13)14-15/h2-11,15H2,1H3. The van der Waals surface area contributed by atoms with Crippen LogP contribution in [0.25, 0.3) is 0 Å². The molecule has 0 N–H and O–H groups in total. The van der Waals surface area contributed by atoms with Crippen molar-refractivity contribution in [3.8, 4) is 0 Å². The molecule has 0 aromatic heterocycles. The van der Waals surface area contributed by atoms with E-state index in [-0.39, 0.29) is 5.75 Å². The van der Waals surface area contributed by atoms with Crippen LogP contribution in [0, 0.1) is 0 Å². The van der Waals surface area contributed by atoms with Gasteiger partial charge in [-0.1, -0.05) is 58.3 Å². The van der Waals surface area contributed by atoms with E-state index in [2.05, 4.69) is 10.9 Å². The van der Waals surface area contributed by atoms with E-state index in [1.54, 1.807) is 9.47 Å². The van der Waals surface area contributed by atoms with Crippen molar-refractivity contribution in [1.29, 1.82) is 0 Å². The summed E-state index contributed by atoms with van der Waals surface area (Å²) in [6, 6.07) is 0. The smallest absolute Gasteiger partial charge is 0.254 e. The van der Waals surface area contributed by atoms with E-state index in [9.17, 15) is 8.42 Å². The lowest BCUT2D eigenvalue weighted by atomic mass is 10.1. The second kappa shape index (κ2) is 10.5. The molecule has 0 amide bonds. The summed E-state index contributed by atoms with van der Waals surface area (Å²) in [6.07, 6.45) is 10.6. The summed E-state index contributed by atoms with van der Waals surface area (Å²) in [5, 5.41) is 0. The van der Waals surface area contributed by atoms with Gasteiger partial charge in [-0.2, -0.15) is 8.42 Å². The molecule has 0 saturated heterocycles. The maximum atomic E-state index is 11.0. The Morgan fingerprint density at radius 2 is 1.31 bits per heavy atom. The third kappa shape index (κ3) is 10.8. The van der Waals surface area contributed by atoms with Gasteiger partial charge in [0.15, 0.2) is 0 Å². The Kier molecular flexibility index (Phi) is 10.7. The van der Waals surface area contributed by atoms with Crippen LogP contribution in [0.1, 0.15) is 64.7 Å². The molecule has 0 saturated carbocycles. The molecule has 0 aromatic rings. The zero-order valence-corrected chi connectivity index (χ0v) is 12.3. The van der Waals surface area contributed by atoms with Gasteiger partial charge in [0.2, 0.25) is 0 Å². The first-order chi connectivity index (χ1) is 7.62. The Bertz CT molecular complexity index is 240. The fraction of sp³-hybridized carbons (Fsp3) is 1.00. The zero-order valence-electron chi connectivity index (χ0n) is 10.3. The second-order valence-electron chi connectivity index (χ2n) is 4.19. The van der Waals surface area contributed by atoms with Gasteiger partial charge in [-0.25, -0.2) is 0 Å². The molecule has 5 heteroatoms. The molecular weight excluding hydrogens is 243 g/mol. The normalized spacial score (nSPS) is 11.9. The van der Waals surface area contributed by atoms with E-state index in [4.69, 9.17) is 0 Å². The minimum atomic E-state index is -3.26. The Balaban J connectivity index is 3.16. The summed E-state index contributed by atoms with van der Waals surface area (Å²) < 4.78 is 26.2. The molecule has 0 radical (unpaired) electrons. The third-order valence-corrected chi connectivity index (χ3v) is 4.61. The molecular formula is C11H25O3PS. The van der Waals surface area contributed by atoms with Gasteiger partial charge in [-0.3, -0.25) is 3.97 Å². The lowest BCUT2D eigenvalue weighted by Gasteiger charge is -2.02. The summed E-state index contributed by atoms with van der Waals surface area (Å²) in [5.74, 6) is 0.145. The maximum absolute atomic E-state index is 11.0. The molecule has 0 rings (SSSR count). The van der Waals surface area contributed by atoms with E-state index in [0.29, 0.717) is 6.42 Å². The molecule has 3 nitrogen and oxygen atoms in total. The predicted octanol–water partition coefficient (Wildman–Crippen LogP) is 3.65. The van der Waals surface area contributed by atoms with Crippen LogP contribution in [0.5, 0.6) is 0 Å². The van der Waals surface area contributed by atoms with Crippen molar-refractivity contribution in [1.82, 2.24) is 0 Å². The summed E-state index contributed by atoms with van der Waals surface area (Å²) in [5.41, 5.74) is 0. The summed E-state index contributed by atoms with van der Waals surface area (Å²) >= 11 is 0. The van der Waals surface area contributed by atoms with Crippen molar-refractivity contribution >= 4 is 19.6 Å². The SMILES string of the molecule is CCCCCCCCCCCS(=O)(=O)OP. The van der Waals surface area contributed by atoms with Crippen LogP contribution in [0.4, 0.5) is 0 Å². The highest BCUT2D eigenvalue weighted by Crippen LogP contribution is 2.11. The largest absolute Gasteiger partial charge is 0.269 e. The molecule has 0 fully saturated rings. The van der Waals surface area contributed by atoms with E-state index in [1.807, 2.05) is 0 Å². The van der Waals surface area contributed by atoms with Gasteiger partial charge in [-0.15, -0.1) is 0 Å². The van der Waals surface area contributed by atoms with Crippen molar-refractivity contribution in [2.75, 3.05) is 5.75 Å². The van der Waals surface area contributed by atoms with Gasteiger partial charge in [0.25, 0.3) is 10.1 Å². The lowest BCUT2D eigenvalue weighted by Crippen LogP contribution is -2.04. The Hall–Kier alpha value is 0.340. The highest BCUT2D eigenvalue weighted by atomic mass is 32.2. The van der Waals surface area contributed by atoms with Gasteiger partial charge < -0.3 is 0 Å². The van der Waals surface area contributed by atoms with E-state index in [0.717, 1.165) is 12.8 Å². The molecule has 0 aliphatic rings. The van der Waals surface area contributed by atoms with Crippen molar-refractivity contribution in [3.05, 3.63) is 0 Å².